The highest BCUT2D eigenvalue weighted by Gasteiger charge is 2.51. The Morgan fingerprint density at radius 3 is 2.00 bits per heavy atom. The van der Waals surface area contributed by atoms with Crippen LogP contribution in [0.4, 0.5) is 5.69 Å². The van der Waals surface area contributed by atoms with Crippen LogP contribution in [0, 0.1) is 23.2 Å². The topological polar surface area (TPSA) is 23.6 Å². The highest BCUT2D eigenvalue weighted by Crippen LogP contribution is 2.61. The smallest absolute Gasteiger partial charge is 0.223 e. The minimum atomic E-state index is 0.360. The Kier molecular flexibility index (Phi) is 4.19. The molecule has 0 radical (unpaired) electrons. The molecule has 6 rings (SSSR count). The number of nitrogens with zero attached hydrogens (tertiary/aromatic N) is 2. The first-order valence-electron chi connectivity index (χ1n) is 10.4. The number of carbonyl (C=O) groups is 1. The maximum atomic E-state index is 13.1. The van der Waals surface area contributed by atoms with Crippen LogP contribution in [0.2, 0.25) is 5.02 Å². The lowest BCUT2D eigenvalue weighted by Gasteiger charge is -2.57. The minimum absolute atomic E-state index is 0.360. The second kappa shape index (κ2) is 6.44. The molecule has 0 spiro atoms. The molecule has 1 heterocycles. The summed E-state index contributed by atoms with van der Waals surface area (Å²) in [7, 11) is 0. The number of anilines is 1. The van der Waals surface area contributed by atoms with Gasteiger partial charge in [0.25, 0.3) is 0 Å². The summed E-state index contributed by atoms with van der Waals surface area (Å²) >= 11 is 5.99. The van der Waals surface area contributed by atoms with Gasteiger partial charge in [0.2, 0.25) is 5.91 Å². The summed E-state index contributed by atoms with van der Waals surface area (Å²) in [6.07, 6.45) is 9.16. The van der Waals surface area contributed by atoms with E-state index >= 15 is 0 Å². The number of hydrogen-bond acceptors (Lipinski definition) is 2. The van der Waals surface area contributed by atoms with E-state index in [2.05, 4.69) is 21.9 Å². The van der Waals surface area contributed by atoms with Gasteiger partial charge in [0.05, 0.1) is 0 Å². The summed E-state index contributed by atoms with van der Waals surface area (Å²) < 4.78 is 0. The van der Waals surface area contributed by atoms with Gasteiger partial charge in [-0.05, 0) is 86.0 Å². The summed E-state index contributed by atoms with van der Waals surface area (Å²) in [5.41, 5.74) is 1.57. The molecule has 26 heavy (non-hydrogen) atoms. The first-order valence-corrected chi connectivity index (χ1v) is 10.7. The van der Waals surface area contributed by atoms with Gasteiger partial charge < -0.3 is 9.80 Å². The Bertz CT molecular complexity index is 643. The lowest BCUT2D eigenvalue weighted by Crippen LogP contribution is -2.52. The van der Waals surface area contributed by atoms with Crippen LogP contribution in [0.3, 0.4) is 0 Å². The van der Waals surface area contributed by atoms with Crippen molar-refractivity contribution in [2.45, 2.75) is 44.9 Å². The van der Waals surface area contributed by atoms with Gasteiger partial charge in [-0.3, -0.25) is 4.79 Å². The van der Waals surface area contributed by atoms with Crippen LogP contribution in [0.5, 0.6) is 0 Å². The minimum Gasteiger partial charge on any atom is -0.368 e. The monoisotopic (exact) mass is 372 g/mol. The largest absolute Gasteiger partial charge is 0.368 e. The maximum Gasteiger partial charge on any atom is 0.223 e. The van der Waals surface area contributed by atoms with E-state index in [1.54, 1.807) is 0 Å². The van der Waals surface area contributed by atoms with Crippen molar-refractivity contribution in [3.8, 4) is 0 Å². The molecule has 0 unspecified atom stereocenters. The molecule has 0 aromatic heterocycles. The molecule has 4 aliphatic carbocycles. The first kappa shape index (κ1) is 16.9. The molecule has 4 bridgehead atoms. The predicted molar refractivity (Wildman–Crippen MR) is 105 cm³/mol. The van der Waals surface area contributed by atoms with Gasteiger partial charge in [-0.25, -0.2) is 0 Å². The Hall–Kier alpha value is -1.22. The number of hydrogen-bond donors (Lipinski definition) is 0. The zero-order chi connectivity index (χ0) is 17.7. The Balaban J connectivity index is 1.19. The van der Waals surface area contributed by atoms with Gasteiger partial charge in [-0.1, -0.05) is 11.6 Å². The van der Waals surface area contributed by atoms with E-state index in [-0.39, 0.29) is 0 Å². The maximum absolute atomic E-state index is 13.1. The Morgan fingerprint density at radius 2 is 1.46 bits per heavy atom. The number of carbonyl (C=O) groups excluding carboxylic acids is 1. The van der Waals surface area contributed by atoms with E-state index in [1.807, 2.05) is 12.1 Å². The van der Waals surface area contributed by atoms with Crippen molar-refractivity contribution in [1.29, 1.82) is 0 Å². The van der Waals surface area contributed by atoms with Crippen LogP contribution in [-0.4, -0.2) is 37.0 Å². The van der Waals surface area contributed by atoms with E-state index < -0.39 is 0 Å². The van der Waals surface area contributed by atoms with E-state index in [1.165, 1.54) is 44.2 Å². The van der Waals surface area contributed by atoms with Crippen molar-refractivity contribution < 1.29 is 4.79 Å². The molecular weight excluding hydrogens is 344 g/mol. The molecule has 3 nitrogen and oxygen atoms in total. The fourth-order valence-corrected chi connectivity index (χ4v) is 6.93. The van der Waals surface area contributed by atoms with Crippen LogP contribution in [0.15, 0.2) is 24.3 Å². The number of amides is 1. The van der Waals surface area contributed by atoms with E-state index in [4.69, 9.17) is 11.6 Å². The number of rotatable bonds is 3. The van der Waals surface area contributed by atoms with Crippen molar-refractivity contribution in [3.63, 3.8) is 0 Å². The van der Waals surface area contributed by atoms with Crippen LogP contribution in [-0.2, 0) is 4.79 Å². The van der Waals surface area contributed by atoms with E-state index in [9.17, 15) is 4.79 Å². The standard InChI is InChI=1S/C22H29ClN2O/c23-19-1-3-20(4-2-19)24-5-7-25(8-6-24)21(26)15-22-12-16-9-17(13-22)11-18(10-16)14-22/h1-4,16-18H,5-15H2. The van der Waals surface area contributed by atoms with Gasteiger partial charge in [0, 0.05) is 43.3 Å². The molecule has 1 aromatic rings. The highest BCUT2D eigenvalue weighted by atomic mass is 35.5. The molecule has 0 atom stereocenters. The zero-order valence-corrected chi connectivity index (χ0v) is 16.3. The summed E-state index contributed by atoms with van der Waals surface area (Å²) in [4.78, 5) is 17.6. The average Bonchev–Trinajstić information content (AvgIpc) is 2.61. The van der Waals surface area contributed by atoms with E-state index in [0.717, 1.165) is 55.4 Å². The second-order valence-corrected chi connectivity index (χ2v) is 9.88. The fourth-order valence-electron chi connectivity index (χ4n) is 6.81. The van der Waals surface area contributed by atoms with Crippen molar-refractivity contribution in [1.82, 2.24) is 4.90 Å². The highest BCUT2D eigenvalue weighted by molar-refractivity contribution is 6.30. The molecule has 4 heteroatoms. The molecule has 1 aromatic carbocycles. The average molecular weight is 373 g/mol. The molecule has 140 valence electrons. The molecule has 1 saturated heterocycles. The van der Waals surface area contributed by atoms with Crippen LogP contribution < -0.4 is 4.90 Å². The van der Waals surface area contributed by atoms with Gasteiger partial charge in [0.1, 0.15) is 0 Å². The third-order valence-corrected chi connectivity index (χ3v) is 7.77. The molecule has 5 fully saturated rings. The molecule has 5 aliphatic rings. The van der Waals surface area contributed by atoms with Crippen molar-refractivity contribution in [2.75, 3.05) is 31.1 Å². The summed E-state index contributed by atoms with van der Waals surface area (Å²) in [5, 5.41) is 0.776. The van der Waals surface area contributed by atoms with Gasteiger partial charge in [0.15, 0.2) is 0 Å². The van der Waals surface area contributed by atoms with Gasteiger partial charge in [-0.2, -0.15) is 0 Å². The lowest BCUT2D eigenvalue weighted by atomic mass is 9.49. The molecular formula is C22H29ClN2O. The third-order valence-electron chi connectivity index (χ3n) is 7.52. The Labute approximate surface area is 161 Å². The van der Waals surface area contributed by atoms with Gasteiger partial charge in [-0.15, -0.1) is 0 Å². The second-order valence-electron chi connectivity index (χ2n) is 9.44. The van der Waals surface area contributed by atoms with Crippen LogP contribution in [0.1, 0.15) is 44.9 Å². The third kappa shape index (κ3) is 3.13. The number of benzene rings is 1. The van der Waals surface area contributed by atoms with Crippen molar-refractivity contribution in [2.24, 2.45) is 23.2 Å². The number of halogens is 1. The van der Waals surface area contributed by atoms with Crippen molar-refractivity contribution in [3.05, 3.63) is 29.3 Å². The van der Waals surface area contributed by atoms with Crippen LogP contribution >= 0.6 is 11.6 Å². The molecule has 1 aliphatic heterocycles. The molecule has 4 saturated carbocycles. The van der Waals surface area contributed by atoms with Gasteiger partial charge >= 0.3 is 0 Å². The number of piperazine rings is 1. The zero-order valence-electron chi connectivity index (χ0n) is 15.5. The normalized spacial score (nSPS) is 35.8. The van der Waals surface area contributed by atoms with E-state index in [0.29, 0.717) is 11.3 Å². The van der Waals surface area contributed by atoms with Crippen molar-refractivity contribution >= 4 is 23.2 Å². The quantitative estimate of drug-likeness (QED) is 0.774. The summed E-state index contributed by atoms with van der Waals surface area (Å²) in [6, 6.07) is 8.05. The lowest BCUT2D eigenvalue weighted by molar-refractivity contribution is -0.139. The molecule has 1 amide bonds. The molecule has 0 N–H and O–H groups in total. The summed E-state index contributed by atoms with van der Waals surface area (Å²) in [6.45, 7) is 3.56. The summed E-state index contributed by atoms with van der Waals surface area (Å²) in [5.74, 6) is 3.20. The first-order chi connectivity index (χ1) is 12.6. The van der Waals surface area contributed by atoms with Crippen LogP contribution in [0.25, 0.3) is 0 Å². The Morgan fingerprint density at radius 1 is 0.923 bits per heavy atom. The predicted octanol–water partition coefficient (Wildman–Crippen LogP) is 4.60. The SMILES string of the molecule is O=C(CC12CC3CC(CC(C3)C1)C2)N1CCN(c2ccc(Cl)cc2)CC1. The fraction of sp³-hybridized carbons (Fsp3) is 0.682.